The van der Waals surface area contributed by atoms with Gasteiger partial charge in [0.15, 0.2) is 5.65 Å². The zero-order chi connectivity index (χ0) is 20.3. The molecule has 0 radical (unpaired) electrons. The van der Waals surface area contributed by atoms with Crippen molar-refractivity contribution < 1.29 is 0 Å². The number of nitriles is 1. The number of anilines is 2. The van der Waals surface area contributed by atoms with E-state index in [1.165, 1.54) is 4.52 Å². The Morgan fingerprint density at radius 1 is 1.36 bits per heavy atom. The predicted octanol–water partition coefficient (Wildman–Crippen LogP) is 2.42. The van der Waals surface area contributed by atoms with Crippen molar-refractivity contribution in [3.63, 3.8) is 0 Å². The standard InChI is InChI=1S/C20H25N7O/c1-4-5-10-26-11-6-7-15(20(26)28)8-9-23-18-16(12-21)17(22)27-19(24-18)13(2)14(3)25-27/h6-7,11H,4-5,8-10,22H2,1-3H3,(H,23,24). The smallest absolute Gasteiger partial charge is 0.253 e. The summed E-state index contributed by atoms with van der Waals surface area (Å²) < 4.78 is 3.25. The number of nitrogens with two attached hydrogens (primary N) is 1. The van der Waals surface area contributed by atoms with Gasteiger partial charge in [0.05, 0.1) is 5.69 Å². The Bertz CT molecular complexity index is 1100. The van der Waals surface area contributed by atoms with Gasteiger partial charge >= 0.3 is 0 Å². The van der Waals surface area contributed by atoms with Crippen LogP contribution in [0.25, 0.3) is 5.65 Å². The van der Waals surface area contributed by atoms with Crippen LogP contribution in [0.15, 0.2) is 23.1 Å². The molecule has 8 nitrogen and oxygen atoms in total. The molecule has 0 atom stereocenters. The van der Waals surface area contributed by atoms with Crippen molar-refractivity contribution in [3.05, 3.63) is 51.1 Å². The highest BCUT2D eigenvalue weighted by Gasteiger charge is 2.17. The van der Waals surface area contributed by atoms with E-state index in [0.29, 0.717) is 24.4 Å². The van der Waals surface area contributed by atoms with Gasteiger partial charge in [0.2, 0.25) is 0 Å². The lowest BCUT2D eigenvalue weighted by Crippen LogP contribution is -2.24. The molecule has 3 heterocycles. The van der Waals surface area contributed by atoms with E-state index in [0.717, 1.165) is 36.2 Å². The third-order valence-corrected chi connectivity index (χ3v) is 4.92. The molecule has 8 heteroatoms. The van der Waals surface area contributed by atoms with Gasteiger partial charge in [-0.25, -0.2) is 4.98 Å². The van der Waals surface area contributed by atoms with E-state index in [1.54, 1.807) is 4.57 Å². The molecule has 3 N–H and O–H groups in total. The van der Waals surface area contributed by atoms with Crippen LogP contribution in [0.4, 0.5) is 11.6 Å². The summed E-state index contributed by atoms with van der Waals surface area (Å²) in [7, 11) is 0. The van der Waals surface area contributed by atoms with Crippen molar-refractivity contribution in [3.8, 4) is 6.07 Å². The molecule has 0 unspecified atom stereocenters. The number of pyridine rings is 1. The summed E-state index contributed by atoms with van der Waals surface area (Å²) in [4.78, 5) is 17.1. The zero-order valence-electron chi connectivity index (χ0n) is 16.5. The molecule has 3 aromatic heterocycles. The number of nitrogen functional groups attached to an aromatic ring is 1. The Morgan fingerprint density at radius 2 is 2.14 bits per heavy atom. The Labute approximate surface area is 163 Å². The number of rotatable bonds is 7. The van der Waals surface area contributed by atoms with Crippen molar-refractivity contribution in [2.24, 2.45) is 0 Å². The molecule has 0 saturated heterocycles. The summed E-state index contributed by atoms with van der Waals surface area (Å²) in [6, 6.07) is 5.84. The second-order valence-corrected chi connectivity index (χ2v) is 6.84. The van der Waals surface area contributed by atoms with Crippen LogP contribution in [-0.2, 0) is 13.0 Å². The maximum absolute atomic E-state index is 12.6. The van der Waals surface area contributed by atoms with Crippen LogP contribution in [0.3, 0.4) is 0 Å². The fraction of sp³-hybridized carbons (Fsp3) is 0.400. The average molecular weight is 379 g/mol. The maximum atomic E-state index is 12.6. The first-order valence-corrected chi connectivity index (χ1v) is 9.45. The van der Waals surface area contributed by atoms with Crippen LogP contribution in [0.5, 0.6) is 0 Å². The second kappa shape index (κ2) is 8.13. The zero-order valence-corrected chi connectivity index (χ0v) is 16.5. The fourth-order valence-electron chi connectivity index (χ4n) is 3.12. The monoisotopic (exact) mass is 379 g/mol. The number of hydrogen-bond donors (Lipinski definition) is 2. The number of unbranched alkanes of at least 4 members (excludes halogenated alkanes) is 1. The van der Waals surface area contributed by atoms with Gasteiger partial charge in [-0.05, 0) is 32.8 Å². The molecule has 0 fully saturated rings. The van der Waals surface area contributed by atoms with Gasteiger partial charge in [-0.15, -0.1) is 0 Å². The molecular weight excluding hydrogens is 354 g/mol. The van der Waals surface area contributed by atoms with E-state index >= 15 is 0 Å². The molecule has 146 valence electrons. The number of nitrogens with one attached hydrogen (secondary N) is 1. The maximum Gasteiger partial charge on any atom is 0.253 e. The van der Waals surface area contributed by atoms with Crippen LogP contribution >= 0.6 is 0 Å². The van der Waals surface area contributed by atoms with Gasteiger partial charge in [0, 0.05) is 30.4 Å². The molecule has 0 amide bonds. The lowest BCUT2D eigenvalue weighted by Gasteiger charge is -2.11. The van der Waals surface area contributed by atoms with Gasteiger partial charge in [0.1, 0.15) is 23.3 Å². The number of fused-ring (bicyclic) bond motifs is 1. The summed E-state index contributed by atoms with van der Waals surface area (Å²) in [6.07, 6.45) is 4.36. The molecule has 3 rings (SSSR count). The molecule has 0 aromatic carbocycles. The van der Waals surface area contributed by atoms with Gasteiger partial charge in [-0.2, -0.15) is 14.9 Å². The summed E-state index contributed by atoms with van der Waals surface area (Å²) in [5.41, 5.74) is 9.50. The second-order valence-electron chi connectivity index (χ2n) is 6.84. The van der Waals surface area contributed by atoms with Gasteiger partial charge in [-0.1, -0.05) is 19.4 Å². The lowest BCUT2D eigenvalue weighted by atomic mass is 10.2. The van der Waals surface area contributed by atoms with Crippen molar-refractivity contribution >= 4 is 17.3 Å². The van der Waals surface area contributed by atoms with E-state index in [1.807, 2.05) is 32.2 Å². The minimum absolute atomic E-state index is 0.0310. The van der Waals surface area contributed by atoms with Gasteiger partial charge in [-0.3, -0.25) is 4.79 Å². The van der Waals surface area contributed by atoms with Crippen molar-refractivity contribution in [1.82, 2.24) is 19.2 Å². The molecule has 0 bridgehead atoms. The molecule has 3 aromatic rings. The lowest BCUT2D eigenvalue weighted by molar-refractivity contribution is 0.608. The van der Waals surface area contributed by atoms with Gasteiger partial charge in [0.25, 0.3) is 5.56 Å². The number of hydrogen-bond acceptors (Lipinski definition) is 6. The molecule has 28 heavy (non-hydrogen) atoms. The summed E-state index contributed by atoms with van der Waals surface area (Å²) >= 11 is 0. The minimum Gasteiger partial charge on any atom is -0.382 e. The van der Waals surface area contributed by atoms with Crippen molar-refractivity contribution in [1.29, 1.82) is 5.26 Å². The first-order chi connectivity index (χ1) is 13.5. The summed E-state index contributed by atoms with van der Waals surface area (Å²) in [5, 5.41) is 17.0. The topological polar surface area (TPSA) is 114 Å². The Kier molecular flexibility index (Phi) is 5.64. The third kappa shape index (κ3) is 3.56. The molecule has 0 saturated carbocycles. The molecule has 0 aliphatic carbocycles. The molecular formula is C20H25N7O. The highest BCUT2D eigenvalue weighted by Crippen LogP contribution is 2.24. The van der Waals surface area contributed by atoms with E-state index < -0.39 is 0 Å². The van der Waals surface area contributed by atoms with Gasteiger partial charge < -0.3 is 15.6 Å². The molecule has 0 spiro atoms. The van der Waals surface area contributed by atoms with E-state index in [-0.39, 0.29) is 16.9 Å². The highest BCUT2D eigenvalue weighted by molar-refractivity contribution is 5.69. The SMILES string of the molecule is CCCCn1cccc(CCNc2nc3c(C)c(C)nn3c(N)c2C#N)c1=O. The van der Waals surface area contributed by atoms with E-state index in [9.17, 15) is 10.1 Å². The summed E-state index contributed by atoms with van der Waals surface area (Å²) in [6.45, 7) is 7.09. The van der Waals surface area contributed by atoms with Crippen LogP contribution in [0.1, 0.15) is 42.1 Å². The summed E-state index contributed by atoms with van der Waals surface area (Å²) in [5.74, 6) is 0.672. The number of aromatic nitrogens is 4. The fourth-order valence-corrected chi connectivity index (χ4v) is 3.12. The van der Waals surface area contributed by atoms with Crippen LogP contribution in [-0.4, -0.2) is 25.7 Å². The predicted molar refractivity (Wildman–Crippen MR) is 109 cm³/mol. The Balaban J connectivity index is 1.82. The third-order valence-electron chi connectivity index (χ3n) is 4.92. The van der Waals surface area contributed by atoms with Crippen LogP contribution < -0.4 is 16.6 Å². The van der Waals surface area contributed by atoms with E-state index in [4.69, 9.17) is 5.73 Å². The minimum atomic E-state index is 0.0310. The van der Waals surface area contributed by atoms with Crippen molar-refractivity contribution in [2.75, 3.05) is 17.6 Å². The number of nitrogens with zero attached hydrogens (tertiary/aromatic N) is 5. The Morgan fingerprint density at radius 3 is 2.86 bits per heavy atom. The average Bonchev–Trinajstić information content (AvgIpc) is 2.97. The normalized spacial score (nSPS) is 10.9. The van der Waals surface area contributed by atoms with Crippen LogP contribution in [0, 0.1) is 25.2 Å². The first kappa shape index (κ1) is 19.4. The highest BCUT2D eigenvalue weighted by atomic mass is 16.1. The van der Waals surface area contributed by atoms with Crippen LogP contribution in [0.2, 0.25) is 0 Å². The van der Waals surface area contributed by atoms with E-state index in [2.05, 4.69) is 28.4 Å². The first-order valence-electron chi connectivity index (χ1n) is 9.45. The number of aryl methyl sites for hydroxylation is 3. The molecule has 0 aliphatic rings. The quantitative estimate of drug-likeness (QED) is 0.651. The van der Waals surface area contributed by atoms with Crippen molar-refractivity contribution in [2.45, 2.75) is 46.6 Å². The largest absolute Gasteiger partial charge is 0.382 e. The molecule has 0 aliphatic heterocycles. The Hall–Kier alpha value is -3.34.